The Balaban J connectivity index is 0.000000255. The molecule has 0 radical (unpaired) electrons. The smallest absolute Gasteiger partial charge is 0.330 e. The Morgan fingerprint density at radius 1 is 1.64 bits per heavy atom. The molecular weight excluding hydrogens is 188 g/mol. The van der Waals surface area contributed by atoms with Crippen LogP contribution in [0.5, 0.6) is 0 Å². The number of ether oxygens (including phenoxy) is 1. The molecule has 0 amide bonds. The van der Waals surface area contributed by atoms with Crippen LogP contribution in [0.3, 0.4) is 0 Å². The molecule has 0 bridgehead atoms. The summed E-state index contributed by atoms with van der Waals surface area (Å²) in [5.74, 6) is -0.935. The van der Waals surface area contributed by atoms with E-state index in [1.54, 1.807) is 0 Å². The molecule has 0 spiro atoms. The fourth-order valence-corrected chi connectivity index (χ4v) is 0.372. The number of epoxide rings is 1. The molecule has 1 heterocycles. The van der Waals surface area contributed by atoms with E-state index in [2.05, 4.69) is 16.4 Å². The highest BCUT2D eigenvalue weighted by molar-refractivity contribution is 5.84. The van der Waals surface area contributed by atoms with Gasteiger partial charge in [0.05, 0.1) is 13.2 Å². The molecule has 0 aromatic carbocycles. The summed E-state index contributed by atoms with van der Waals surface area (Å²) in [7, 11) is 0. The van der Waals surface area contributed by atoms with Crippen molar-refractivity contribution < 1.29 is 24.4 Å². The van der Waals surface area contributed by atoms with E-state index in [1.165, 1.54) is 6.92 Å². The van der Waals surface area contributed by atoms with Gasteiger partial charge in [0.25, 0.3) is 0 Å². The number of carboxylic acids is 1. The molecule has 1 fully saturated rings. The maximum atomic E-state index is 9.60. The molecule has 0 saturated carbocycles. The Morgan fingerprint density at radius 2 is 2.14 bits per heavy atom. The zero-order valence-corrected chi connectivity index (χ0v) is 8.49. The first-order valence-corrected chi connectivity index (χ1v) is 4.32. The average molecular weight is 204 g/mol. The highest BCUT2D eigenvalue weighted by Gasteiger charge is 2.22. The Bertz CT molecular complexity index is 174. The molecule has 0 aliphatic carbocycles. The summed E-state index contributed by atoms with van der Waals surface area (Å²) in [5.41, 5.74) is 0.176. The van der Waals surface area contributed by atoms with E-state index in [0.717, 1.165) is 6.61 Å². The highest BCUT2D eigenvalue weighted by atomic mass is 17.2. The number of aliphatic carboxylic acids is 1. The standard InChI is InChI=1S/C5H10O3.C4H6O2/c1-2-7-8-4-5-3-6-5;1-3(2)4(5)6/h5H,2-4H2,1H3;1H2,2H3,(H,5,6). The zero-order chi connectivity index (χ0) is 11.0. The molecule has 1 unspecified atom stereocenters. The summed E-state index contributed by atoms with van der Waals surface area (Å²) >= 11 is 0. The van der Waals surface area contributed by atoms with E-state index in [-0.39, 0.29) is 5.57 Å². The van der Waals surface area contributed by atoms with E-state index in [0.29, 0.717) is 19.3 Å². The molecule has 82 valence electrons. The molecule has 0 aromatic rings. The average Bonchev–Trinajstić information content (AvgIpc) is 2.89. The minimum atomic E-state index is -0.935. The van der Waals surface area contributed by atoms with Crippen molar-refractivity contribution in [2.45, 2.75) is 20.0 Å². The molecule has 1 saturated heterocycles. The first-order valence-electron chi connectivity index (χ1n) is 4.32. The SMILES string of the molecule is C=C(C)C(=O)O.CCOOCC1CO1. The number of rotatable bonds is 5. The minimum Gasteiger partial charge on any atom is -0.478 e. The normalized spacial score (nSPS) is 18.0. The van der Waals surface area contributed by atoms with Gasteiger partial charge in [-0.3, -0.25) is 0 Å². The molecule has 1 aliphatic heterocycles. The maximum absolute atomic E-state index is 9.60. The summed E-state index contributed by atoms with van der Waals surface area (Å²) in [6, 6.07) is 0. The van der Waals surface area contributed by atoms with Crippen LogP contribution in [-0.2, 0) is 19.3 Å². The van der Waals surface area contributed by atoms with Crippen molar-refractivity contribution in [1.29, 1.82) is 0 Å². The van der Waals surface area contributed by atoms with Gasteiger partial charge in [-0.25, -0.2) is 14.6 Å². The van der Waals surface area contributed by atoms with Crippen molar-refractivity contribution in [3.05, 3.63) is 12.2 Å². The van der Waals surface area contributed by atoms with Gasteiger partial charge in [-0.1, -0.05) is 6.58 Å². The third kappa shape index (κ3) is 9.18. The van der Waals surface area contributed by atoms with Gasteiger partial charge >= 0.3 is 5.97 Å². The second-order valence-corrected chi connectivity index (χ2v) is 2.73. The van der Waals surface area contributed by atoms with Crippen LogP contribution >= 0.6 is 0 Å². The fourth-order valence-electron chi connectivity index (χ4n) is 0.372. The third-order valence-corrected chi connectivity index (χ3v) is 1.22. The van der Waals surface area contributed by atoms with Crippen LogP contribution in [-0.4, -0.2) is 37.0 Å². The minimum absolute atomic E-state index is 0.176. The Hall–Kier alpha value is -0.910. The molecule has 1 atom stereocenters. The number of hydrogen-bond acceptors (Lipinski definition) is 4. The van der Waals surface area contributed by atoms with Crippen molar-refractivity contribution in [3.8, 4) is 0 Å². The quantitative estimate of drug-likeness (QED) is 0.238. The monoisotopic (exact) mass is 204 g/mol. The van der Waals surface area contributed by atoms with E-state index < -0.39 is 5.97 Å². The van der Waals surface area contributed by atoms with Crippen molar-refractivity contribution >= 4 is 5.97 Å². The van der Waals surface area contributed by atoms with Gasteiger partial charge in [0.1, 0.15) is 12.7 Å². The lowest BCUT2D eigenvalue weighted by Crippen LogP contribution is -2.01. The number of carbonyl (C=O) groups is 1. The lowest BCUT2D eigenvalue weighted by Gasteiger charge is -1.95. The molecule has 1 aliphatic rings. The Labute approximate surface area is 83.2 Å². The van der Waals surface area contributed by atoms with Crippen molar-refractivity contribution in [2.75, 3.05) is 19.8 Å². The van der Waals surface area contributed by atoms with Gasteiger partial charge in [0.15, 0.2) is 0 Å². The zero-order valence-electron chi connectivity index (χ0n) is 8.49. The van der Waals surface area contributed by atoms with Gasteiger partial charge in [-0.15, -0.1) is 0 Å². The van der Waals surface area contributed by atoms with Crippen LogP contribution in [0.2, 0.25) is 0 Å². The van der Waals surface area contributed by atoms with Crippen LogP contribution < -0.4 is 0 Å². The molecule has 1 N–H and O–H groups in total. The van der Waals surface area contributed by atoms with Gasteiger partial charge in [-0.05, 0) is 13.8 Å². The first kappa shape index (κ1) is 13.1. The Kier molecular flexibility index (Phi) is 7.00. The summed E-state index contributed by atoms with van der Waals surface area (Å²) in [6.07, 6.45) is 0.307. The topological polar surface area (TPSA) is 68.3 Å². The molecule has 0 aromatic heterocycles. The second kappa shape index (κ2) is 7.49. The lowest BCUT2D eigenvalue weighted by molar-refractivity contribution is -0.292. The largest absolute Gasteiger partial charge is 0.478 e. The predicted octanol–water partition coefficient (Wildman–Crippen LogP) is 1.00. The second-order valence-electron chi connectivity index (χ2n) is 2.73. The summed E-state index contributed by atoms with van der Waals surface area (Å²) in [4.78, 5) is 18.9. The van der Waals surface area contributed by atoms with Crippen molar-refractivity contribution in [2.24, 2.45) is 0 Å². The summed E-state index contributed by atoms with van der Waals surface area (Å²) in [5, 5.41) is 7.89. The third-order valence-electron chi connectivity index (χ3n) is 1.22. The van der Waals surface area contributed by atoms with Crippen LogP contribution in [0.15, 0.2) is 12.2 Å². The molecule has 1 rings (SSSR count). The van der Waals surface area contributed by atoms with E-state index in [9.17, 15) is 4.79 Å². The molecule has 14 heavy (non-hydrogen) atoms. The highest BCUT2D eigenvalue weighted by Crippen LogP contribution is 2.08. The first-order chi connectivity index (χ1) is 6.57. The van der Waals surface area contributed by atoms with Crippen molar-refractivity contribution in [1.82, 2.24) is 0 Å². The fraction of sp³-hybridized carbons (Fsp3) is 0.667. The van der Waals surface area contributed by atoms with Crippen LogP contribution in [0.25, 0.3) is 0 Å². The van der Waals surface area contributed by atoms with Gasteiger partial charge in [0, 0.05) is 5.57 Å². The van der Waals surface area contributed by atoms with E-state index in [4.69, 9.17) is 9.84 Å². The Morgan fingerprint density at radius 3 is 2.43 bits per heavy atom. The molecule has 5 nitrogen and oxygen atoms in total. The van der Waals surface area contributed by atoms with Crippen LogP contribution in [0, 0.1) is 0 Å². The predicted molar refractivity (Wildman–Crippen MR) is 49.8 cm³/mol. The van der Waals surface area contributed by atoms with Crippen molar-refractivity contribution in [3.63, 3.8) is 0 Å². The van der Waals surface area contributed by atoms with E-state index >= 15 is 0 Å². The maximum Gasteiger partial charge on any atom is 0.330 e. The summed E-state index contributed by atoms with van der Waals surface area (Å²) in [6.45, 7) is 8.49. The lowest BCUT2D eigenvalue weighted by atomic mass is 10.4. The van der Waals surface area contributed by atoms with Gasteiger partial charge < -0.3 is 9.84 Å². The van der Waals surface area contributed by atoms with Gasteiger partial charge in [0.2, 0.25) is 0 Å². The number of hydrogen-bond donors (Lipinski definition) is 1. The van der Waals surface area contributed by atoms with Crippen LogP contribution in [0.4, 0.5) is 0 Å². The van der Waals surface area contributed by atoms with Gasteiger partial charge in [-0.2, -0.15) is 0 Å². The van der Waals surface area contributed by atoms with Crippen LogP contribution in [0.1, 0.15) is 13.8 Å². The van der Waals surface area contributed by atoms with E-state index in [1.807, 2.05) is 6.92 Å². The molecular formula is C9H16O5. The molecule has 5 heteroatoms. The number of carboxylic acid groups (broad SMARTS) is 1. The summed E-state index contributed by atoms with van der Waals surface area (Å²) < 4.78 is 4.85.